The molecule has 0 atom stereocenters. The van der Waals surface area contributed by atoms with Gasteiger partial charge >= 0.3 is 0 Å². The molecular weight excluding hydrogens is 350 g/mol. The second kappa shape index (κ2) is 5.93. The third-order valence-electron chi connectivity index (χ3n) is 4.23. The summed E-state index contributed by atoms with van der Waals surface area (Å²) in [5.41, 5.74) is 1.20. The van der Waals surface area contributed by atoms with Gasteiger partial charge in [-0.2, -0.15) is 0 Å². The normalized spacial score (nSPS) is 13.7. The molecule has 6 heteroatoms. The summed E-state index contributed by atoms with van der Waals surface area (Å²) < 4.78 is 26.4. The van der Waals surface area contributed by atoms with E-state index in [1.165, 1.54) is 18.2 Å². The highest BCUT2D eigenvalue weighted by atomic mass is 32.2. The van der Waals surface area contributed by atoms with Crippen LogP contribution in [-0.2, 0) is 14.6 Å². The molecule has 5 nitrogen and oxygen atoms in total. The van der Waals surface area contributed by atoms with Gasteiger partial charge < -0.3 is 4.98 Å². The summed E-state index contributed by atoms with van der Waals surface area (Å²) in [4.78, 5) is 27.3. The van der Waals surface area contributed by atoms with Gasteiger partial charge in [0.25, 0.3) is 0 Å². The number of Topliss-reactive ketones (excluding diaryl/α,β-unsaturated/α-hetero) is 1. The second-order valence-corrected chi connectivity index (χ2v) is 7.71. The molecule has 0 radical (unpaired) electrons. The topological polar surface area (TPSA) is 84.1 Å². The number of aromatic amines is 1. The van der Waals surface area contributed by atoms with Crippen LogP contribution in [0.25, 0.3) is 17.2 Å². The fourth-order valence-electron chi connectivity index (χ4n) is 3.01. The molecular formula is C20H13NO4S. The maximum absolute atomic E-state index is 13.2. The number of ketones is 2. The van der Waals surface area contributed by atoms with Gasteiger partial charge in [-0.05, 0) is 29.8 Å². The third kappa shape index (κ3) is 2.43. The molecule has 0 amide bonds. The molecule has 1 heterocycles. The highest BCUT2D eigenvalue weighted by Gasteiger charge is 2.34. The molecule has 1 N–H and O–H groups in total. The molecule has 0 fully saturated rings. The zero-order chi connectivity index (χ0) is 18.3. The highest BCUT2D eigenvalue weighted by molar-refractivity contribution is 7.91. The molecule has 1 aliphatic carbocycles. The fraction of sp³-hybridized carbons (Fsp3) is 0. The number of rotatable bonds is 3. The van der Waals surface area contributed by atoms with Crippen molar-refractivity contribution < 1.29 is 18.0 Å². The fourth-order valence-corrected chi connectivity index (χ4v) is 4.50. The molecule has 0 aliphatic heterocycles. The van der Waals surface area contributed by atoms with E-state index in [4.69, 9.17) is 0 Å². The first-order valence-electron chi connectivity index (χ1n) is 7.88. The Labute approximate surface area is 149 Å². The largest absolute Gasteiger partial charge is 0.345 e. The molecule has 128 valence electrons. The Hall–Kier alpha value is -3.25. The van der Waals surface area contributed by atoms with Gasteiger partial charge in [0.2, 0.25) is 21.4 Å². The van der Waals surface area contributed by atoms with Crippen molar-refractivity contribution in [2.24, 2.45) is 0 Å². The average Bonchev–Trinajstić information content (AvgIpc) is 3.07. The summed E-state index contributed by atoms with van der Waals surface area (Å²) in [6.07, 6.45) is 2.59. The number of fused-ring (bicyclic) bond motifs is 1. The number of benzene rings is 2. The summed E-state index contributed by atoms with van der Waals surface area (Å²) in [6, 6.07) is 16.7. The lowest BCUT2D eigenvalue weighted by molar-refractivity contribution is -0.110. The van der Waals surface area contributed by atoms with Gasteiger partial charge in [-0.1, -0.05) is 48.5 Å². The van der Waals surface area contributed by atoms with Gasteiger partial charge in [0.15, 0.2) is 0 Å². The van der Waals surface area contributed by atoms with Crippen molar-refractivity contribution in [2.75, 3.05) is 0 Å². The van der Waals surface area contributed by atoms with Crippen molar-refractivity contribution in [3.05, 3.63) is 78.0 Å². The van der Waals surface area contributed by atoms with E-state index in [-0.39, 0.29) is 21.0 Å². The summed E-state index contributed by atoms with van der Waals surface area (Å²) in [5, 5.41) is -0.0902. The van der Waals surface area contributed by atoms with Crippen LogP contribution in [0, 0.1) is 0 Å². The Balaban J connectivity index is 2.06. The van der Waals surface area contributed by atoms with E-state index in [2.05, 4.69) is 4.98 Å². The number of carbonyl (C=O) groups excluding carboxylic acids is 2. The number of aromatic nitrogens is 1. The van der Waals surface area contributed by atoms with Crippen LogP contribution in [-0.4, -0.2) is 25.0 Å². The predicted octanol–water partition coefficient (Wildman–Crippen LogP) is 3.29. The Kier molecular flexibility index (Phi) is 3.70. The maximum atomic E-state index is 13.2. The van der Waals surface area contributed by atoms with E-state index < -0.39 is 21.4 Å². The van der Waals surface area contributed by atoms with E-state index in [0.717, 1.165) is 6.08 Å². The van der Waals surface area contributed by atoms with Crippen LogP contribution in [0.1, 0.15) is 16.1 Å². The number of H-pyrrole nitrogens is 1. The van der Waals surface area contributed by atoms with Gasteiger partial charge in [0, 0.05) is 5.56 Å². The maximum Gasteiger partial charge on any atom is 0.235 e. The van der Waals surface area contributed by atoms with E-state index >= 15 is 0 Å². The van der Waals surface area contributed by atoms with Crippen molar-refractivity contribution in [2.45, 2.75) is 9.92 Å². The van der Waals surface area contributed by atoms with Crippen molar-refractivity contribution >= 4 is 27.5 Å². The molecule has 0 bridgehead atoms. The first-order valence-corrected chi connectivity index (χ1v) is 9.37. The molecule has 26 heavy (non-hydrogen) atoms. The molecule has 4 rings (SSSR count). The molecule has 0 unspecified atom stereocenters. The van der Waals surface area contributed by atoms with Crippen molar-refractivity contribution in [1.82, 2.24) is 4.98 Å². The molecule has 3 aromatic rings. The summed E-state index contributed by atoms with van der Waals surface area (Å²) in [7, 11) is -3.91. The SMILES string of the molecule is O=C1C=Cc2[nH]c(S(=O)(=O)c3ccccc3)c(-c3ccccc3)c2C1=O. The van der Waals surface area contributed by atoms with Crippen LogP contribution in [0.15, 0.2) is 76.7 Å². The second-order valence-electron chi connectivity index (χ2n) is 5.83. The van der Waals surface area contributed by atoms with Crippen LogP contribution < -0.4 is 0 Å². The van der Waals surface area contributed by atoms with Gasteiger partial charge in [0.05, 0.1) is 16.2 Å². The van der Waals surface area contributed by atoms with Gasteiger partial charge in [0.1, 0.15) is 5.03 Å². The minimum absolute atomic E-state index is 0.0902. The van der Waals surface area contributed by atoms with Crippen LogP contribution in [0.5, 0.6) is 0 Å². The zero-order valence-electron chi connectivity index (χ0n) is 13.5. The first-order chi connectivity index (χ1) is 12.5. The predicted molar refractivity (Wildman–Crippen MR) is 96.5 cm³/mol. The third-order valence-corrected chi connectivity index (χ3v) is 5.97. The molecule has 0 spiro atoms. The number of hydrogen-bond donors (Lipinski definition) is 1. The monoisotopic (exact) mass is 363 g/mol. The number of nitrogens with one attached hydrogen (secondary N) is 1. The van der Waals surface area contributed by atoms with E-state index in [1.807, 2.05) is 0 Å². The highest BCUT2D eigenvalue weighted by Crippen LogP contribution is 2.38. The van der Waals surface area contributed by atoms with Crippen LogP contribution >= 0.6 is 0 Å². The number of hydrogen-bond acceptors (Lipinski definition) is 4. The number of carbonyl (C=O) groups is 2. The van der Waals surface area contributed by atoms with E-state index in [9.17, 15) is 18.0 Å². The smallest absolute Gasteiger partial charge is 0.235 e. The summed E-state index contributed by atoms with van der Waals surface area (Å²) in [5.74, 6) is -1.38. The Bertz CT molecular complexity index is 1160. The van der Waals surface area contributed by atoms with E-state index in [0.29, 0.717) is 11.3 Å². The van der Waals surface area contributed by atoms with Gasteiger partial charge in [-0.3, -0.25) is 9.59 Å². The van der Waals surface area contributed by atoms with Crippen molar-refractivity contribution in [3.63, 3.8) is 0 Å². The molecule has 1 aromatic heterocycles. The lowest BCUT2D eigenvalue weighted by Gasteiger charge is -2.09. The van der Waals surface area contributed by atoms with Gasteiger partial charge in [-0.15, -0.1) is 0 Å². The first kappa shape index (κ1) is 16.2. The van der Waals surface area contributed by atoms with Gasteiger partial charge in [-0.25, -0.2) is 8.42 Å². The Morgan fingerprint density at radius 1 is 0.731 bits per heavy atom. The van der Waals surface area contributed by atoms with Crippen molar-refractivity contribution in [3.8, 4) is 11.1 Å². The Morgan fingerprint density at radius 2 is 1.35 bits per heavy atom. The van der Waals surface area contributed by atoms with Crippen LogP contribution in [0.3, 0.4) is 0 Å². The molecule has 0 saturated carbocycles. The van der Waals surface area contributed by atoms with Crippen molar-refractivity contribution in [1.29, 1.82) is 0 Å². The minimum Gasteiger partial charge on any atom is -0.345 e. The summed E-state index contributed by atoms with van der Waals surface area (Å²) in [6.45, 7) is 0. The lowest BCUT2D eigenvalue weighted by atomic mass is 9.94. The summed E-state index contributed by atoms with van der Waals surface area (Å²) >= 11 is 0. The molecule has 2 aromatic carbocycles. The van der Waals surface area contributed by atoms with E-state index in [1.54, 1.807) is 48.5 Å². The lowest BCUT2D eigenvalue weighted by Crippen LogP contribution is -2.16. The molecule has 1 aliphatic rings. The minimum atomic E-state index is -3.91. The zero-order valence-corrected chi connectivity index (χ0v) is 14.3. The van der Waals surface area contributed by atoms with Crippen LogP contribution in [0.4, 0.5) is 0 Å². The number of allylic oxidation sites excluding steroid dienone is 1. The van der Waals surface area contributed by atoms with Crippen LogP contribution in [0.2, 0.25) is 0 Å². The number of sulfone groups is 1. The quantitative estimate of drug-likeness (QED) is 0.724. The Morgan fingerprint density at radius 3 is 2.00 bits per heavy atom. The average molecular weight is 363 g/mol. The standard InChI is InChI=1S/C20H13NO4S/c22-16-12-11-15-18(19(16)23)17(13-7-3-1-4-8-13)20(21-15)26(24,25)14-9-5-2-6-10-14/h1-12,21H. The molecule has 0 saturated heterocycles.